The van der Waals surface area contributed by atoms with Crippen molar-refractivity contribution in [2.45, 2.75) is 30.8 Å². The van der Waals surface area contributed by atoms with Gasteiger partial charge in [-0.05, 0) is 25.8 Å². The molecule has 2 rings (SSSR count). The van der Waals surface area contributed by atoms with Gasteiger partial charge in [0.05, 0.1) is 11.9 Å². The number of nitrogens with one attached hydrogen (secondary N) is 2. The molecule has 0 bridgehead atoms. The Morgan fingerprint density at radius 3 is 2.50 bits per heavy atom. The number of hydrogen-bond acceptors (Lipinski definition) is 5. The zero-order valence-electron chi connectivity index (χ0n) is 11.1. The molecule has 0 aromatic carbocycles. The second-order valence-corrected chi connectivity index (χ2v) is 8.56. The topological polar surface area (TPSA) is 112 Å². The third-order valence-electron chi connectivity index (χ3n) is 3.30. The summed E-state index contributed by atoms with van der Waals surface area (Å²) in [5.74, 6) is 0.0670. The molecule has 1 fully saturated rings. The van der Waals surface area contributed by atoms with Crippen LogP contribution in [0.3, 0.4) is 0 Å². The fourth-order valence-electron chi connectivity index (χ4n) is 2.11. The van der Waals surface area contributed by atoms with Crippen molar-refractivity contribution in [3.05, 3.63) is 12.3 Å². The van der Waals surface area contributed by atoms with Crippen LogP contribution in [0.1, 0.15) is 19.8 Å². The molecule has 2 heterocycles. The fourth-order valence-corrected chi connectivity index (χ4v) is 4.46. The Kier molecular flexibility index (Phi) is 4.47. The highest BCUT2D eigenvalue weighted by Crippen LogP contribution is 2.16. The zero-order valence-corrected chi connectivity index (χ0v) is 12.7. The molecule has 0 atom stereocenters. The van der Waals surface area contributed by atoms with Crippen LogP contribution < -0.4 is 4.72 Å². The van der Waals surface area contributed by atoms with E-state index >= 15 is 0 Å². The second kappa shape index (κ2) is 5.80. The van der Waals surface area contributed by atoms with Crippen molar-refractivity contribution in [3.8, 4) is 0 Å². The summed E-state index contributed by atoms with van der Waals surface area (Å²) in [6.07, 6.45) is 2.30. The molecular formula is C10H18N4O4S2. The molecule has 20 heavy (non-hydrogen) atoms. The van der Waals surface area contributed by atoms with Crippen molar-refractivity contribution >= 4 is 20.0 Å². The average molecular weight is 322 g/mol. The predicted molar refractivity (Wildman–Crippen MR) is 73.0 cm³/mol. The van der Waals surface area contributed by atoms with Crippen LogP contribution >= 0.6 is 0 Å². The molecule has 1 saturated heterocycles. The van der Waals surface area contributed by atoms with Gasteiger partial charge in [-0.25, -0.2) is 25.9 Å². The lowest BCUT2D eigenvalue weighted by Gasteiger charge is -2.31. The number of rotatable bonds is 5. The monoisotopic (exact) mass is 322 g/mol. The first kappa shape index (κ1) is 15.4. The Labute approximate surface area is 118 Å². The Balaban J connectivity index is 1.96. The first-order chi connectivity index (χ1) is 9.35. The summed E-state index contributed by atoms with van der Waals surface area (Å²) in [5.41, 5.74) is 0. The molecule has 1 aromatic heterocycles. The van der Waals surface area contributed by atoms with Gasteiger partial charge in [0.25, 0.3) is 10.0 Å². The van der Waals surface area contributed by atoms with Gasteiger partial charge in [-0.2, -0.15) is 5.10 Å². The lowest BCUT2D eigenvalue weighted by atomic mass is 10.1. The van der Waals surface area contributed by atoms with Crippen LogP contribution in [0.25, 0.3) is 0 Å². The van der Waals surface area contributed by atoms with Crippen LogP contribution in [0.4, 0.5) is 0 Å². The smallest absolute Gasteiger partial charge is 0.257 e. The van der Waals surface area contributed by atoms with Gasteiger partial charge in [0, 0.05) is 19.1 Å². The van der Waals surface area contributed by atoms with Crippen LogP contribution in [0, 0.1) is 0 Å². The SMILES string of the molecule is CCS(=O)(=O)N1CCC(NS(=O)(=O)c2ccn[nH]2)CC1. The highest BCUT2D eigenvalue weighted by molar-refractivity contribution is 7.89. The first-order valence-corrected chi connectivity index (χ1v) is 9.44. The lowest BCUT2D eigenvalue weighted by molar-refractivity contribution is 0.309. The Morgan fingerprint density at radius 2 is 2.00 bits per heavy atom. The van der Waals surface area contributed by atoms with E-state index in [1.54, 1.807) is 6.92 Å². The van der Waals surface area contributed by atoms with E-state index in [1.165, 1.54) is 16.6 Å². The van der Waals surface area contributed by atoms with Gasteiger partial charge in [-0.15, -0.1) is 0 Å². The standard InChI is InChI=1S/C10H18N4O4S2/c1-2-19(15,16)14-7-4-9(5-8-14)13-20(17,18)10-3-6-11-12-10/h3,6,9,13H,2,4-5,7-8H2,1H3,(H,11,12). The zero-order chi connectivity index (χ0) is 14.8. The highest BCUT2D eigenvalue weighted by Gasteiger charge is 2.29. The average Bonchev–Trinajstić information content (AvgIpc) is 2.93. The quantitative estimate of drug-likeness (QED) is 0.759. The third-order valence-corrected chi connectivity index (χ3v) is 6.63. The number of aromatic amines is 1. The lowest BCUT2D eigenvalue weighted by Crippen LogP contribution is -2.46. The maximum absolute atomic E-state index is 12.0. The fraction of sp³-hybridized carbons (Fsp3) is 0.700. The van der Waals surface area contributed by atoms with Gasteiger partial charge in [0.2, 0.25) is 10.0 Å². The maximum Gasteiger partial charge on any atom is 0.257 e. The minimum atomic E-state index is -3.61. The minimum absolute atomic E-state index is 0.0149. The summed E-state index contributed by atoms with van der Waals surface area (Å²) in [7, 11) is -6.80. The summed E-state index contributed by atoms with van der Waals surface area (Å²) in [6, 6.07) is 1.12. The van der Waals surface area contributed by atoms with Crippen LogP contribution in [-0.4, -0.2) is 56.2 Å². The number of aromatic nitrogens is 2. The third kappa shape index (κ3) is 3.37. The Hall–Kier alpha value is -0.970. The van der Waals surface area contributed by atoms with Crippen molar-refractivity contribution in [3.63, 3.8) is 0 Å². The number of piperidine rings is 1. The van der Waals surface area contributed by atoms with E-state index in [0.29, 0.717) is 25.9 Å². The van der Waals surface area contributed by atoms with E-state index in [0.717, 1.165) is 0 Å². The van der Waals surface area contributed by atoms with Crippen molar-refractivity contribution in [2.24, 2.45) is 0 Å². The molecule has 0 spiro atoms. The molecule has 2 N–H and O–H groups in total. The summed E-state index contributed by atoms with van der Waals surface area (Å²) in [6.45, 7) is 2.28. The van der Waals surface area contributed by atoms with E-state index in [4.69, 9.17) is 0 Å². The van der Waals surface area contributed by atoms with Crippen molar-refractivity contribution in [1.82, 2.24) is 19.2 Å². The summed E-state index contributed by atoms with van der Waals surface area (Å²) in [5, 5.41) is 6.02. The molecule has 0 saturated carbocycles. The van der Waals surface area contributed by atoms with Gasteiger partial charge >= 0.3 is 0 Å². The summed E-state index contributed by atoms with van der Waals surface area (Å²) in [4.78, 5) is 0. The molecule has 1 aromatic rings. The highest BCUT2D eigenvalue weighted by atomic mass is 32.2. The number of sulfonamides is 2. The van der Waals surface area contributed by atoms with Gasteiger partial charge < -0.3 is 0 Å². The maximum atomic E-state index is 12.0. The molecule has 0 radical (unpaired) electrons. The number of H-pyrrole nitrogens is 1. The molecule has 1 aliphatic heterocycles. The van der Waals surface area contributed by atoms with Crippen molar-refractivity contribution < 1.29 is 16.8 Å². The number of nitrogens with zero attached hydrogens (tertiary/aromatic N) is 2. The molecule has 8 nitrogen and oxygen atoms in total. The van der Waals surface area contributed by atoms with E-state index in [-0.39, 0.29) is 16.8 Å². The van der Waals surface area contributed by atoms with Gasteiger partial charge in [-0.1, -0.05) is 0 Å². The Bertz CT molecular complexity index is 631. The number of hydrogen-bond donors (Lipinski definition) is 2. The Morgan fingerprint density at radius 1 is 1.35 bits per heavy atom. The predicted octanol–water partition coefficient (Wildman–Crippen LogP) is -0.498. The first-order valence-electron chi connectivity index (χ1n) is 6.34. The largest absolute Gasteiger partial charge is 0.266 e. The molecule has 114 valence electrons. The molecule has 1 aliphatic rings. The van der Waals surface area contributed by atoms with Gasteiger partial charge in [-0.3, -0.25) is 5.10 Å². The van der Waals surface area contributed by atoms with Crippen LogP contribution in [0.15, 0.2) is 17.3 Å². The summed E-state index contributed by atoms with van der Waals surface area (Å²) >= 11 is 0. The van der Waals surface area contributed by atoms with E-state index < -0.39 is 20.0 Å². The van der Waals surface area contributed by atoms with Crippen LogP contribution in [0.2, 0.25) is 0 Å². The van der Waals surface area contributed by atoms with Crippen LogP contribution in [-0.2, 0) is 20.0 Å². The van der Waals surface area contributed by atoms with Gasteiger partial charge in [0.15, 0.2) is 5.03 Å². The molecule has 0 amide bonds. The molecule has 0 unspecified atom stereocenters. The minimum Gasteiger partial charge on any atom is -0.266 e. The second-order valence-electron chi connectivity index (χ2n) is 4.62. The van der Waals surface area contributed by atoms with Crippen molar-refractivity contribution in [2.75, 3.05) is 18.8 Å². The molecule has 0 aliphatic carbocycles. The normalized spacial score (nSPS) is 19.2. The van der Waals surface area contributed by atoms with E-state index in [2.05, 4.69) is 14.9 Å². The van der Waals surface area contributed by atoms with E-state index in [9.17, 15) is 16.8 Å². The molecular weight excluding hydrogens is 304 g/mol. The van der Waals surface area contributed by atoms with Crippen LogP contribution in [0.5, 0.6) is 0 Å². The van der Waals surface area contributed by atoms with Gasteiger partial charge in [0.1, 0.15) is 0 Å². The summed E-state index contributed by atoms with van der Waals surface area (Å²) < 4.78 is 51.4. The van der Waals surface area contributed by atoms with E-state index in [1.807, 2.05) is 0 Å². The van der Waals surface area contributed by atoms with Crippen molar-refractivity contribution in [1.29, 1.82) is 0 Å². The molecule has 10 heteroatoms.